The molecule has 0 unspecified atom stereocenters. The number of hydrogen-bond acceptors (Lipinski definition) is 3. The molecule has 4 nitrogen and oxygen atoms in total. The summed E-state index contributed by atoms with van der Waals surface area (Å²) in [4.78, 5) is 26.9. The number of rotatable bonds is 7. The van der Waals surface area contributed by atoms with Crippen LogP contribution in [0.4, 0.5) is 5.69 Å². The minimum absolute atomic E-state index is 0.0979. The molecule has 0 aliphatic heterocycles. The standard InChI is InChI=1S/C20H24N2O2S/c1-4-22(5-2)20(24)19(16-9-7-6-8-10-16)25-18-13-11-17(12-14-18)21-15(3)23/h6-14,19H,4-5H2,1-3H3,(H,21,23)/t19-/m0/s1. The monoisotopic (exact) mass is 356 g/mol. The van der Waals surface area contributed by atoms with E-state index in [1.165, 1.54) is 18.7 Å². The number of thioether (sulfide) groups is 1. The smallest absolute Gasteiger partial charge is 0.240 e. The molecule has 2 amide bonds. The fourth-order valence-electron chi connectivity index (χ4n) is 2.55. The molecule has 0 bridgehead atoms. The number of carbonyl (C=O) groups excluding carboxylic acids is 2. The Morgan fingerprint density at radius 1 is 1.00 bits per heavy atom. The van der Waals surface area contributed by atoms with Crippen molar-refractivity contribution < 1.29 is 9.59 Å². The molecule has 0 fully saturated rings. The molecule has 0 aliphatic carbocycles. The first kappa shape index (κ1) is 19.1. The van der Waals surface area contributed by atoms with Crippen molar-refractivity contribution in [1.82, 2.24) is 4.90 Å². The molecule has 2 rings (SSSR count). The van der Waals surface area contributed by atoms with Gasteiger partial charge in [0.25, 0.3) is 0 Å². The third kappa shape index (κ3) is 5.36. The van der Waals surface area contributed by atoms with Crippen molar-refractivity contribution in [2.75, 3.05) is 18.4 Å². The van der Waals surface area contributed by atoms with Crippen LogP contribution < -0.4 is 5.32 Å². The average Bonchev–Trinajstić information content (AvgIpc) is 2.62. The summed E-state index contributed by atoms with van der Waals surface area (Å²) in [7, 11) is 0. The van der Waals surface area contributed by atoms with Gasteiger partial charge in [0, 0.05) is 30.6 Å². The van der Waals surface area contributed by atoms with Crippen LogP contribution in [0.15, 0.2) is 59.5 Å². The zero-order valence-electron chi connectivity index (χ0n) is 14.9. The first-order valence-electron chi connectivity index (χ1n) is 8.43. The Morgan fingerprint density at radius 3 is 2.12 bits per heavy atom. The predicted octanol–water partition coefficient (Wildman–Crippen LogP) is 4.35. The average molecular weight is 356 g/mol. The molecule has 0 aliphatic rings. The molecule has 2 aromatic carbocycles. The molecular weight excluding hydrogens is 332 g/mol. The van der Waals surface area contributed by atoms with Crippen LogP contribution >= 0.6 is 11.8 Å². The summed E-state index contributed by atoms with van der Waals surface area (Å²) in [5, 5.41) is 2.47. The summed E-state index contributed by atoms with van der Waals surface area (Å²) < 4.78 is 0. The molecule has 0 saturated carbocycles. The first-order chi connectivity index (χ1) is 12.0. The van der Waals surface area contributed by atoms with E-state index in [1.54, 1.807) is 0 Å². The van der Waals surface area contributed by atoms with Crippen molar-refractivity contribution in [3.63, 3.8) is 0 Å². The Kier molecular flexibility index (Phi) is 7.07. The molecule has 0 spiro atoms. The summed E-state index contributed by atoms with van der Waals surface area (Å²) in [6, 6.07) is 17.4. The molecule has 1 N–H and O–H groups in total. The third-order valence-corrected chi connectivity index (χ3v) is 5.08. The Labute approximate surface area is 153 Å². The van der Waals surface area contributed by atoms with Crippen molar-refractivity contribution in [3.05, 3.63) is 60.2 Å². The van der Waals surface area contributed by atoms with E-state index in [0.29, 0.717) is 13.1 Å². The van der Waals surface area contributed by atoms with E-state index >= 15 is 0 Å². The molecule has 132 valence electrons. The van der Waals surface area contributed by atoms with Crippen LogP contribution in [0.5, 0.6) is 0 Å². The minimum atomic E-state index is -0.285. The van der Waals surface area contributed by atoms with Gasteiger partial charge in [-0.05, 0) is 43.7 Å². The summed E-state index contributed by atoms with van der Waals surface area (Å²) in [5.41, 5.74) is 1.75. The first-order valence-corrected chi connectivity index (χ1v) is 9.31. The van der Waals surface area contributed by atoms with Gasteiger partial charge in [-0.1, -0.05) is 30.3 Å². The highest BCUT2D eigenvalue weighted by molar-refractivity contribution is 8.00. The lowest BCUT2D eigenvalue weighted by molar-refractivity contribution is -0.130. The van der Waals surface area contributed by atoms with E-state index in [2.05, 4.69) is 5.32 Å². The third-order valence-electron chi connectivity index (χ3n) is 3.83. The van der Waals surface area contributed by atoms with Crippen molar-refractivity contribution in [2.45, 2.75) is 30.9 Å². The van der Waals surface area contributed by atoms with E-state index in [0.717, 1.165) is 16.1 Å². The lowest BCUT2D eigenvalue weighted by Gasteiger charge is -2.25. The molecule has 25 heavy (non-hydrogen) atoms. The van der Waals surface area contributed by atoms with Gasteiger partial charge < -0.3 is 10.2 Å². The van der Waals surface area contributed by atoms with Gasteiger partial charge in [-0.25, -0.2) is 0 Å². The van der Waals surface area contributed by atoms with Crippen molar-refractivity contribution in [1.29, 1.82) is 0 Å². The predicted molar refractivity (Wildman–Crippen MR) is 104 cm³/mol. The number of anilines is 1. The molecule has 5 heteroatoms. The largest absolute Gasteiger partial charge is 0.342 e. The summed E-state index contributed by atoms with van der Waals surface area (Å²) in [6.07, 6.45) is 0. The van der Waals surface area contributed by atoms with Crippen LogP contribution in [0.2, 0.25) is 0 Å². The maximum atomic E-state index is 13.0. The van der Waals surface area contributed by atoms with Gasteiger partial charge in [-0.15, -0.1) is 11.8 Å². The molecule has 0 heterocycles. The van der Waals surface area contributed by atoms with E-state index in [4.69, 9.17) is 0 Å². The highest BCUT2D eigenvalue weighted by atomic mass is 32.2. The van der Waals surface area contributed by atoms with Crippen LogP contribution in [0.25, 0.3) is 0 Å². The second-order valence-corrected chi connectivity index (χ2v) is 6.80. The van der Waals surface area contributed by atoms with Gasteiger partial charge in [0.05, 0.1) is 0 Å². The van der Waals surface area contributed by atoms with Crippen LogP contribution in [-0.4, -0.2) is 29.8 Å². The number of amides is 2. The van der Waals surface area contributed by atoms with Gasteiger partial charge in [-0.3, -0.25) is 9.59 Å². The van der Waals surface area contributed by atoms with E-state index in [1.807, 2.05) is 73.3 Å². The van der Waals surface area contributed by atoms with Gasteiger partial charge in [0.1, 0.15) is 5.25 Å². The highest BCUT2D eigenvalue weighted by Crippen LogP contribution is 2.37. The van der Waals surface area contributed by atoms with Crippen molar-refractivity contribution >= 4 is 29.3 Å². The zero-order chi connectivity index (χ0) is 18.2. The Balaban J connectivity index is 2.24. The number of carbonyl (C=O) groups is 2. The summed E-state index contributed by atoms with van der Waals surface area (Å²) in [6.45, 7) is 6.87. The molecule has 1 atom stereocenters. The maximum Gasteiger partial charge on any atom is 0.240 e. The SMILES string of the molecule is CCN(CC)C(=O)[C@@H](Sc1ccc(NC(C)=O)cc1)c1ccccc1. The molecule has 0 saturated heterocycles. The fourth-order valence-corrected chi connectivity index (χ4v) is 3.65. The number of nitrogens with zero attached hydrogens (tertiary/aromatic N) is 1. The summed E-state index contributed by atoms with van der Waals surface area (Å²) >= 11 is 1.53. The lowest BCUT2D eigenvalue weighted by Crippen LogP contribution is -2.33. The van der Waals surface area contributed by atoms with Gasteiger partial charge in [0.15, 0.2) is 0 Å². The van der Waals surface area contributed by atoms with Gasteiger partial charge in [-0.2, -0.15) is 0 Å². The van der Waals surface area contributed by atoms with Crippen LogP contribution in [-0.2, 0) is 9.59 Å². The zero-order valence-corrected chi connectivity index (χ0v) is 15.7. The lowest BCUT2D eigenvalue weighted by atomic mass is 10.1. The molecular formula is C20H24N2O2S. The normalized spacial score (nSPS) is 11.6. The number of likely N-dealkylation sites (N-methyl/N-ethyl adjacent to an activating group) is 1. The topological polar surface area (TPSA) is 49.4 Å². The number of benzene rings is 2. The Morgan fingerprint density at radius 2 is 1.60 bits per heavy atom. The number of hydrogen-bond donors (Lipinski definition) is 1. The van der Waals surface area contributed by atoms with Crippen LogP contribution in [0.3, 0.4) is 0 Å². The minimum Gasteiger partial charge on any atom is -0.342 e. The van der Waals surface area contributed by atoms with Crippen LogP contribution in [0.1, 0.15) is 31.6 Å². The van der Waals surface area contributed by atoms with Gasteiger partial charge >= 0.3 is 0 Å². The van der Waals surface area contributed by atoms with E-state index in [-0.39, 0.29) is 17.1 Å². The van der Waals surface area contributed by atoms with Crippen LogP contribution in [0, 0.1) is 0 Å². The Hall–Kier alpha value is -2.27. The summed E-state index contributed by atoms with van der Waals surface area (Å²) in [5.74, 6) is 0.0198. The fraction of sp³-hybridized carbons (Fsp3) is 0.300. The quantitative estimate of drug-likeness (QED) is 0.751. The van der Waals surface area contributed by atoms with E-state index < -0.39 is 0 Å². The second-order valence-electron chi connectivity index (χ2n) is 5.62. The Bertz CT molecular complexity index is 697. The van der Waals surface area contributed by atoms with Gasteiger partial charge in [0.2, 0.25) is 11.8 Å². The van der Waals surface area contributed by atoms with E-state index in [9.17, 15) is 9.59 Å². The molecule has 2 aromatic rings. The highest BCUT2D eigenvalue weighted by Gasteiger charge is 2.25. The van der Waals surface area contributed by atoms with Crippen molar-refractivity contribution in [2.24, 2.45) is 0 Å². The maximum absolute atomic E-state index is 13.0. The second kappa shape index (κ2) is 9.28. The number of nitrogens with one attached hydrogen (secondary N) is 1. The molecule has 0 aromatic heterocycles. The van der Waals surface area contributed by atoms with Crippen molar-refractivity contribution in [3.8, 4) is 0 Å². The molecule has 0 radical (unpaired) electrons.